The van der Waals surface area contributed by atoms with E-state index in [4.69, 9.17) is 4.74 Å². The zero-order valence-electron chi connectivity index (χ0n) is 13.5. The summed E-state index contributed by atoms with van der Waals surface area (Å²) in [5.41, 5.74) is 1.20. The lowest BCUT2D eigenvalue weighted by molar-refractivity contribution is 0.0497. The number of nitrogens with one attached hydrogen (secondary N) is 1. The van der Waals surface area contributed by atoms with Crippen LogP contribution in [-0.4, -0.2) is 37.1 Å². The number of aldehydes is 1. The Labute approximate surface area is 131 Å². The number of hydrogen-bond donors (Lipinski definition) is 1. The van der Waals surface area contributed by atoms with E-state index in [-0.39, 0.29) is 12.1 Å². The molecule has 1 aromatic rings. The second-order valence-electron chi connectivity index (χ2n) is 6.58. The highest BCUT2D eigenvalue weighted by Crippen LogP contribution is 2.23. The van der Waals surface area contributed by atoms with Gasteiger partial charge in [-0.2, -0.15) is 0 Å². The Balaban J connectivity index is 1.88. The molecule has 0 atom stereocenters. The molecule has 2 rings (SSSR count). The van der Waals surface area contributed by atoms with Gasteiger partial charge in [0.2, 0.25) is 0 Å². The Kier molecular flexibility index (Phi) is 5.06. The van der Waals surface area contributed by atoms with Gasteiger partial charge in [0.25, 0.3) is 0 Å². The highest BCUT2D eigenvalue weighted by Gasteiger charge is 2.24. The first-order valence-electron chi connectivity index (χ1n) is 7.68. The second-order valence-corrected chi connectivity index (χ2v) is 6.58. The highest BCUT2D eigenvalue weighted by atomic mass is 16.6. The number of carbonyl (C=O) groups is 2. The molecule has 0 saturated carbocycles. The van der Waals surface area contributed by atoms with Gasteiger partial charge in [-0.05, 0) is 45.7 Å². The lowest BCUT2D eigenvalue weighted by atomic mass is 10.0. The minimum Gasteiger partial charge on any atom is -0.444 e. The summed E-state index contributed by atoms with van der Waals surface area (Å²) in [6.45, 7) is 7.18. The van der Waals surface area contributed by atoms with Crippen molar-refractivity contribution in [1.82, 2.24) is 5.32 Å². The molecule has 22 heavy (non-hydrogen) atoms. The van der Waals surface area contributed by atoms with E-state index in [0.29, 0.717) is 5.56 Å². The van der Waals surface area contributed by atoms with Crippen molar-refractivity contribution in [3.8, 4) is 0 Å². The van der Waals surface area contributed by atoms with Gasteiger partial charge in [-0.3, -0.25) is 4.79 Å². The number of nitrogens with zero attached hydrogens (tertiary/aromatic N) is 1. The van der Waals surface area contributed by atoms with E-state index in [0.717, 1.165) is 37.9 Å². The molecular weight excluding hydrogens is 280 g/mol. The summed E-state index contributed by atoms with van der Waals surface area (Å²) in [7, 11) is 0. The Morgan fingerprint density at radius 3 is 2.50 bits per heavy atom. The van der Waals surface area contributed by atoms with Gasteiger partial charge in [0.1, 0.15) is 5.60 Å². The van der Waals surface area contributed by atoms with E-state index in [1.54, 1.807) is 0 Å². The maximum atomic E-state index is 11.8. The topological polar surface area (TPSA) is 58.6 Å². The number of para-hydroxylation sites is 1. The molecule has 1 aliphatic rings. The van der Waals surface area contributed by atoms with Gasteiger partial charge >= 0.3 is 6.09 Å². The normalized spacial score (nSPS) is 16.2. The molecule has 5 heteroatoms. The van der Waals surface area contributed by atoms with Crippen LogP contribution in [0.1, 0.15) is 44.0 Å². The number of piperidine rings is 1. The predicted octanol–water partition coefficient (Wildman–Crippen LogP) is 2.99. The van der Waals surface area contributed by atoms with Gasteiger partial charge in [-0.15, -0.1) is 0 Å². The molecule has 0 aliphatic carbocycles. The Hall–Kier alpha value is -2.04. The molecule has 0 unspecified atom stereocenters. The van der Waals surface area contributed by atoms with Crippen LogP contribution in [0.4, 0.5) is 10.5 Å². The molecule has 1 aliphatic heterocycles. The standard InChI is InChI=1S/C17H24N2O3/c1-17(2,3)22-16(21)18-14-8-10-19(11-9-14)15-7-5-4-6-13(15)12-20/h4-7,12,14H,8-11H2,1-3H3,(H,18,21). The molecule has 0 spiro atoms. The molecule has 1 fully saturated rings. The third kappa shape index (κ3) is 4.48. The van der Waals surface area contributed by atoms with Crippen LogP contribution in [0, 0.1) is 0 Å². The van der Waals surface area contributed by atoms with E-state index in [2.05, 4.69) is 10.2 Å². The van der Waals surface area contributed by atoms with Gasteiger partial charge in [-0.1, -0.05) is 12.1 Å². The molecule has 1 heterocycles. The maximum Gasteiger partial charge on any atom is 0.407 e. The van der Waals surface area contributed by atoms with Gasteiger partial charge in [0.15, 0.2) is 6.29 Å². The average molecular weight is 304 g/mol. The van der Waals surface area contributed by atoms with Crippen LogP contribution in [-0.2, 0) is 4.74 Å². The van der Waals surface area contributed by atoms with Crippen molar-refractivity contribution in [2.45, 2.75) is 45.3 Å². The number of hydrogen-bond acceptors (Lipinski definition) is 4. The van der Waals surface area contributed by atoms with E-state index in [1.807, 2.05) is 45.0 Å². The number of amides is 1. The van der Waals surface area contributed by atoms with Gasteiger partial charge < -0.3 is 15.0 Å². The molecule has 1 saturated heterocycles. The van der Waals surface area contributed by atoms with E-state index in [1.165, 1.54) is 0 Å². The molecule has 0 radical (unpaired) electrons. The summed E-state index contributed by atoms with van der Waals surface area (Å²) >= 11 is 0. The van der Waals surface area contributed by atoms with Gasteiger partial charge in [0, 0.05) is 30.4 Å². The van der Waals surface area contributed by atoms with Crippen molar-refractivity contribution in [3.05, 3.63) is 29.8 Å². The van der Waals surface area contributed by atoms with E-state index >= 15 is 0 Å². The molecule has 120 valence electrons. The fraction of sp³-hybridized carbons (Fsp3) is 0.529. The lowest BCUT2D eigenvalue weighted by Crippen LogP contribution is -2.46. The van der Waals surface area contributed by atoms with Crippen molar-refractivity contribution in [2.75, 3.05) is 18.0 Å². The predicted molar refractivity (Wildman–Crippen MR) is 86.4 cm³/mol. The third-order valence-corrected chi connectivity index (χ3v) is 3.62. The lowest BCUT2D eigenvalue weighted by Gasteiger charge is -2.34. The number of carbonyl (C=O) groups excluding carboxylic acids is 2. The first-order chi connectivity index (χ1) is 10.4. The zero-order valence-corrected chi connectivity index (χ0v) is 13.5. The molecule has 1 aromatic carbocycles. The third-order valence-electron chi connectivity index (χ3n) is 3.62. The largest absolute Gasteiger partial charge is 0.444 e. The maximum absolute atomic E-state index is 11.8. The number of anilines is 1. The number of ether oxygens (including phenoxy) is 1. The molecule has 0 aromatic heterocycles. The average Bonchev–Trinajstić information content (AvgIpc) is 2.46. The molecule has 0 bridgehead atoms. The van der Waals surface area contributed by atoms with E-state index in [9.17, 15) is 9.59 Å². The first kappa shape index (κ1) is 16.3. The number of benzene rings is 1. The van der Waals surface area contributed by atoms with Crippen LogP contribution in [0.15, 0.2) is 24.3 Å². The SMILES string of the molecule is CC(C)(C)OC(=O)NC1CCN(c2ccccc2C=O)CC1. The molecule has 5 nitrogen and oxygen atoms in total. The summed E-state index contributed by atoms with van der Waals surface area (Å²) in [5.74, 6) is 0. The van der Waals surface area contributed by atoms with Gasteiger partial charge in [0.05, 0.1) is 0 Å². The smallest absolute Gasteiger partial charge is 0.407 e. The second kappa shape index (κ2) is 6.81. The number of rotatable bonds is 3. The molecule has 1 amide bonds. The monoisotopic (exact) mass is 304 g/mol. The Bertz CT molecular complexity index is 529. The minimum atomic E-state index is -0.478. The molecular formula is C17H24N2O3. The fourth-order valence-electron chi connectivity index (χ4n) is 2.61. The van der Waals surface area contributed by atoms with Gasteiger partial charge in [-0.25, -0.2) is 4.79 Å². The summed E-state index contributed by atoms with van der Waals surface area (Å²) < 4.78 is 5.28. The van der Waals surface area contributed by atoms with Crippen LogP contribution in [0.5, 0.6) is 0 Å². The van der Waals surface area contributed by atoms with Crippen molar-refractivity contribution in [1.29, 1.82) is 0 Å². The van der Waals surface area contributed by atoms with Crippen molar-refractivity contribution >= 4 is 18.1 Å². The van der Waals surface area contributed by atoms with Crippen molar-refractivity contribution < 1.29 is 14.3 Å². The Morgan fingerprint density at radius 2 is 1.91 bits per heavy atom. The summed E-state index contributed by atoms with van der Waals surface area (Å²) in [6.07, 6.45) is 2.21. The van der Waals surface area contributed by atoms with E-state index < -0.39 is 5.60 Å². The molecule has 1 N–H and O–H groups in total. The van der Waals surface area contributed by atoms with Crippen molar-refractivity contribution in [3.63, 3.8) is 0 Å². The quantitative estimate of drug-likeness (QED) is 0.872. The van der Waals surface area contributed by atoms with Crippen molar-refractivity contribution in [2.24, 2.45) is 0 Å². The fourth-order valence-corrected chi connectivity index (χ4v) is 2.61. The summed E-state index contributed by atoms with van der Waals surface area (Å²) in [6, 6.07) is 7.71. The summed E-state index contributed by atoms with van der Waals surface area (Å²) in [4.78, 5) is 25.1. The number of alkyl carbamates (subject to hydrolysis) is 1. The minimum absolute atomic E-state index is 0.120. The first-order valence-corrected chi connectivity index (χ1v) is 7.68. The highest BCUT2D eigenvalue weighted by molar-refractivity contribution is 5.84. The Morgan fingerprint density at radius 1 is 1.27 bits per heavy atom. The van der Waals surface area contributed by atoms with Crippen LogP contribution in [0.3, 0.4) is 0 Å². The van der Waals surface area contributed by atoms with Crippen LogP contribution < -0.4 is 10.2 Å². The van der Waals surface area contributed by atoms with Crippen LogP contribution in [0.2, 0.25) is 0 Å². The van der Waals surface area contributed by atoms with Crippen LogP contribution >= 0.6 is 0 Å². The summed E-state index contributed by atoms with van der Waals surface area (Å²) in [5, 5.41) is 2.92. The zero-order chi connectivity index (χ0) is 16.2. The van der Waals surface area contributed by atoms with Crippen LogP contribution in [0.25, 0.3) is 0 Å².